The minimum atomic E-state index is -4.71. The molecule has 3 N–H and O–H groups in total. The molecule has 2 rings (SSSR count). The van der Waals surface area contributed by atoms with Crippen molar-refractivity contribution in [2.45, 2.75) is 30.4 Å². The van der Waals surface area contributed by atoms with Gasteiger partial charge in [-0.05, 0) is 51.1 Å². The van der Waals surface area contributed by atoms with E-state index in [-0.39, 0.29) is 29.9 Å². The van der Waals surface area contributed by atoms with Crippen LogP contribution in [0.1, 0.15) is 19.8 Å². The zero-order valence-electron chi connectivity index (χ0n) is 13.7. The van der Waals surface area contributed by atoms with Gasteiger partial charge in [-0.2, -0.15) is 8.78 Å². The summed E-state index contributed by atoms with van der Waals surface area (Å²) in [6.45, 7) is 3.84. The lowest BCUT2D eigenvalue weighted by Crippen LogP contribution is -2.34. The molecule has 1 fully saturated rings. The normalized spacial score (nSPS) is 15.5. The van der Waals surface area contributed by atoms with Gasteiger partial charge in [0.25, 0.3) is 0 Å². The van der Waals surface area contributed by atoms with Gasteiger partial charge in [-0.3, -0.25) is 4.79 Å². The van der Waals surface area contributed by atoms with Crippen LogP contribution in [-0.2, 0) is 14.6 Å². The fourth-order valence-electron chi connectivity index (χ4n) is 2.57. The first-order valence-electron chi connectivity index (χ1n) is 7.77. The predicted molar refractivity (Wildman–Crippen MR) is 95.3 cm³/mol. The molecule has 25 heavy (non-hydrogen) atoms. The maximum atomic E-state index is 12.7. The Balaban J connectivity index is 0.00000312. The van der Waals surface area contributed by atoms with Crippen molar-refractivity contribution >= 4 is 39.5 Å². The van der Waals surface area contributed by atoms with Gasteiger partial charge in [-0.15, -0.1) is 12.4 Å². The van der Waals surface area contributed by atoms with Crippen LogP contribution in [0.5, 0.6) is 0 Å². The molecule has 0 radical (unpaired) electrons. The van der Waals surface area contributed by atoms with Gasteiger partial charge in [0.15, 0.2) is 0 Å². The van der Waals surface area contributed by atoms with Crippen molar-refractivity contribution in [2.24, 2.45) is 5.92 Å². The first-order valence-corrected chi connectivity index (χ1v) is 9.32. The summed E-state index contributed by atoms with van der Waals surface area (Å²) in [5.74, 6) is -3.92. The van der Waals surface area contributed by atoms with E-state index in [1.807, 2.05) is 6.92 Å². The van der Waals surface area contributed by atoms with E-state index in [1.165, 1.54) is 6.07 Å². The van der Waals surface area contributed by atoms with Gasteiger partial charge in [0, 0.05) is 12.5 Å². The number of benzene rings is 1. The number of alkyl halides is 2. The van der Waals surface area contributed by atoms with Crippen LogP contribution in [-0.4, -0.2) is 39.7 Å². The summed E-state index contributed by atoms with van der Waals surface area (Å²) in [6.07, 6.45) is 1.36. The van der Waals surface area contributed by atoms with Crippen LogP contribution in [0, 0.1) is 5.92 Å². The Labute approximate surface area is 152 Å². The van der Waals surface area contributed by atoms with Crippen molar-refractivity contribution in [1.29, 1.82) is 0 Å². The Morgan fingerprint density at radius 3 is 2.48 bits per heavy atom. The highest BCUT2D eigenvalue weighted by atomic mass is 35.5. The third-order valence-corrected chi connectivity index (χ3v) is 5.27. The highest BCUT2D eigenvalue weighted by Gasteiger charge is 2.28. The van der Waals surface area contributed by atoms with Gasteiger partial charge in [-0.25, -0.2) is 8.42 Å². The van der Waals surface area contributed by atoms with E-state index in [9.17, 15) is 22.0 Å². The van der Waals surface area contributed by atoms with Crippen molar-refractivity contribution in [2.75, 3.05) is 30.3 Å². The molecule has 1 saturated heterocycles. The van der Waals surface area contributed by atoms with E-state index < -0.39 is 20.5 Å². The molecule has 0 aromatic heterocycles. The molecule has 142 valence electrons. The highest BCUT2D eigenvalue weighted by Crippen LogP contribution is 2.29. The van der Waals surface area contributed by atoms with E-state index in [1.54, 1.807) is 0 Å². The van der Waals surface area contributed by atoms with Crippen molar-refractivity contribution in [3.63, 3.8) is 0 Å². The lowest BCUT2D eigenvalue weighted by atomic mass is 9.97. The second kappa shape index (κ2) is 9.30. The van der Waals surface area contributed by atoms with Gasteiger partial charge in [0.2, 0.25) is 15.7 Å². The Hall–Kier alpha value is -1.45. The molecule has 1 amide bonds. The predicted octanol–water partition coefficient (Wildman–Crippen LogP) is 2.47. The van der Waals surface area contributed by atoms with Gasteiger partial charge in [0.1, 0.15) is 0 Å². The Morgan fingerprint density at radius 1 is 1.28 bits per heavy atom. The van der Waals surface area contributed by atoms with E-state index in [4.69, 9.17) is 0 Å². The quantitative estimate of drug-likeness (QED) is 0.686. The number of hydrogen-bond donors (Lipinski definition) is 3. The van der Waals surface area contributed by atoms with E-state index in [0.717, 1.165) is 25.2 Å². The molecule has 0 spiro atoms. The smallest absolute Gasteiger partial charge is 0.341 e. The van der Waals surface area contributed by atoms with Gasteiger partial charge in [-0.1, -0.05) is 0 Å². The molecule has 1 aliphatic rings. The van der Waals surface area contributed by atoms with Crippen LogP contribution in [0.25, 0.3) is 0 Å². The second-order valence-electron chi connectivity index (χ2n) is 5.56. The van der Waals surface area contributed by atoms with Crippen LogP contribution in [0.15, 0.2) is 23.1 Å². The average Bonchev–Trinajstić information content (AvgIpc) is 2.57. The minimum Gasteiger partial charge on any atom is -0.384 e. The maximum Gasteiger partial charge on any atom is 0.341 e. The summed E-state index contributed by atoms with van der Waals surface area (Å²) < 4.78 is 48.8. The zero-order valence-corrected chi connectivity index (χ0v) is 15.4. The standard InChI is InChI=1S/C15H21F2N3O3S.ClH/c1-2-19-12-4-3-11(24(22,23)15(16)17)9-13(12)20-14(21)10-5-7-18-8-6-10;/h3-4,9-10,15,18-19H,2,5-8H2,1H3,(H,20,21);1H. The highest BCUT2D eigenvalue weighted by molar-refractivity contribution is 7.91. The summed E-state index contributed by atoms with van der Waals surface area (Å²) in [7, 11) is -4.71. The number of sulfone groups is 1. The number of piperidine rings is 1. The third-order valence-electron chi connectivity index (χ3n) is 3.89. The van der Waals surface area contributed by atoms with Gasteiger partial charge >= 0.3 is 5.76 Å². The van der Waals surface area contributed by atoms with Crippen molar-refractivity contribution < 1.29 is 22.0 Å². The molecule has 0 atom stereocenters. The lowest BCUT2D eigenvalue weighted by molar-refractivity contribution is -0.120. The molecular weight excluding hydrogens is 376 g/mol. The summed E-state index contributed by atoms with van der Waals surface area (Å²) in [6, 6.07) is 3.58. The molecule has 1 aliphatic heterocycles. The maximum absolute atomic E-state index is 12.7. The second-order valence-corrected chi connectivity index (χ2v) is 7.47. The number of amides is 1. The van der Waals surface area contributed by atoms with Crippen LogP contribution in [0.4, 0.5) is 20.2 Å². The number of anilines is 2. The monoisotopic (exact) mass is 397 g/mol. The number of hydrogen-bond acceptors (Lipinski definition) is 5. The number of carbonyl (C=O) groups excluding carboxylic acids is 1. The van der Waals surface area contributed by atoms with E-state index in [2.05, 4.69) is 16.0 Å². The lowest BCUT2D eigenvalue weighted by Gasteiger charge is -2.22. The number of carbonyl (C=O) groups is 1. The number of rotatable bonds is 6. The topological polar surface area (TPSA) is 87.3 Å². The largest absolute Gasteiger partial charge is 0.384 e. The fourth-order valence-corrected chi connectivity index (χ4v) is 3.32. The fraction of sp³-hybridized carbons (Fsp3) is 0.533. The van der Waals surface area contributed by atoms with Crippen molar-refractivity contribution in [3.8, 4) is 0 Å². The summed E-state index contributed by atoms with van der Waals surface area (Å²) >= 11 is 0. The van der Waals surface area contributed by atoms with Crippen LogP contribution < -0.4 is 16.0 Å². The zero-order chi connectivity index (χ0) is 17.7. The van der Waals surface area contributed by atoms with Crippen molar-refractivity contribution in [3.05, 3.63) is 18.2 Å². The van der Waals surface area contributed by atoms with Gasteiger partial charge < -0.3 is 16.0 Å². The summed E-state index contributed by atoms with van der Waals surface area (Å²) in [5.41, 5.74) is 0.690. The van der Waals surface area contributed by atoms with E-state index >= 15 is 0 Å². The molecule has 0 aliphatic carbocycles. The molecular formula is C15H22ClF2N3O3S. The first-order chi connectivity index (χ1) is 11.4. The minimum absolute atomic E-state index is 0. The Bertz CT molecular complexity index is 695. The molecule has 1 aromatic carbocycles. The van der Waals surface area contributed by atoms with Crippen LogP contribution >= 0.6 is 12.4 Å². The molecule has 1 heterocycles. The summed E-state index contributed by atoms with van der Waals surface area (Å²) in [4.78, 5) is 11.8. The average molecular weight is 398 g/mol. The first kappa shape index (κ1) is 21.6. The molecule has 6 nitrogen and oxygen atoms in total. The molecule has 10 heteroatoms. The SMILES string of the molecule is CCNc1ccc(S(=O)(=O)C(F)F)cc1NC(=O)C1CCNCC1.Cl. The van der Waals surface area contributed by atoms with Crippen LogP contribution in [0.3, 0.4) is 0 Å². The Morgan fingerprint density at radius 2 is 1.92 bits per heavy atom. The van der Waals surface area contributed by atoms with Crippen molar-refractivity contribution in [1.82, 2.24) is 5.32 Å². The molecule has 0 saturated carbocycles. The third kappa shape index (κ3) is 5.26. The molecule has 0 bridgehead atoms. The van der Waals surface area contributed by atoms with Crippen LogP contribution in [0.2, 0.25) is 0 Å². The molecule has 1 aromatic rings. The number of halogens is 3. The molecule has 0 unspecified atom stereocenters. The summed E-state index contributed by atoms with van der Waals surface area (Å²) in [5, 5.41) is 8.81. The van der Waals surface area contributed by atoms with E-state index in [0.29, 0.717) is 25.1 Å². The number of nitrogens with one attached hydrogen (secondary N) is 3. The Kier molecular flexibility index (Phi) is 8.04. The van der Waals surface area contributed by atoms with Gasteiger partial charge in [0.05, 0.1) is 16.3 Å².